The number of H-pyrrole nitrogens is 2. The highest BCUT2D eigenvalue weighted by atomic mass is 31.2. The normalized spacial score (nSPS) is 19.8. The molecule has 458 valence electrons. The minimum Gasteiger partial charge on any atom is -0.497 e. The molecule has 0 bridgehead atoms. The van der Waals surface area contributed by atoms with Gasteiger partial charge in [-0.25, -0.2) is 9.59 Å². The van der Waals surface area contributed by atoms with Crippen molar-refractivity contribution < 1.29 is 46.7 Å². The van der Waals surface area contributed by atoms with Crippen LogP contribution >= 0.6 is 8.60 Å². The van der Waals surface area contributed by atoms with Gasteiger partial charge >= 0.3 is 20.0 Å². The van der Waals surface area contributed by atoms with Gasteiger partial charge in [-0.1, -0.05) is 140 Å². The maximum absolute atomic E-state index is 13.8. The molecule has 6 aromatic carbocycles. The third kappa shape index (κ3) is 13.6. The van der Waals surface area contributed by atoms with Crippen LogP contribution in [-0.2, 0) is 43.7 Å². The molecule has 0 saturated carbocycles. The molecule has 9 unspecified atom stereocenters. The lowest BCUT2D eigenvalue weighted by Gasteiger charge is -2.38. The van der Waals surface area contributed by atoms with Crippen molar-refractivity contribution in [3.8, 4) is 23.3 Å². The van der Waals surface area contributed by atoms with Crippen molar-refractivity contribution in [2.45, 2.75) is 114 Å². The molecular formula is C68H72N5O14P. The van der Waals surface area contributed by atoms with Crippen molar-refractivity contribution in [2.75, 3.05) is 34.5 Å². The van der Waals surface area contributed by atoms with E-state index in [9.17, 15) is 24.4 Å². The van der Waals surface area contributed by atoms with Gasteiger partial charge in [0.2, 0.25) is 0 Å². The third-order valence-electron chi connectivity index (χ3n) is 16.1. The summed E-state index contributed by atoms with van der Waals surface area (Å²) >= 11 is 0. The first-order chi connectivity index (χ1) is 42.7. The molecule has 4 heterocycles. The first-order valence-electron chi connectivity index (χ1n) is 29.2. The van der Waals surface area contributed by atoms with Gasteiger partial charge in [-0.05, 0) is 97.0 Å². The summed E-state index contributed by atoms with van der Waals surface area (Å²) in [4.78, 5) is 58.0. The van der Waals surface area contributed by atoms with E-state index in [-0.39, 0.29) is 43.6 Å². The number of aromatic amines is 2. The fourth-order valence-electron chi connectivity index (χ4n) is 11.4. The Bertz CT molecular complexity index is 3850. The third-order valence-corrected chi connectivity index (χ3v) is 17.5. The smallest absolute Gasteiger partial charge is 0.333 e. The number of nitrogens with one attached hydrogen (secondary N) is 2. The Labute approximate surface area is 511 Å². The van der Waals surface area contributed by atoms with E-state index < -0.39 is 85.3 Å². The van der Waals surface area contributed by atoms with Gasteiger partial charge in [0.05, 0.1) is 65.3 Å². The number of aryl methyl sites for hydroxylation is 3. The van der Waals surface area contributed by atoms with Crippen molar-refractivity contribution >= 4 is 8.60 Å². The van der Waals surface area contributed by atoms with Crippen LogP contribution in [0.25, 0.3) is 0 Å². The lowest BCUT2D eigenvalue weighted by molar-refractivity contribution is -0.0998. The Morgan fingerprint density at radius 3 is 1.27 bits per heavy atom. The summed E-state index contributed by atoms with van der Waals surface area (Å²) in [6.45, 7) is 6.91. The first kappa shape index (κ1) is 62.8. The van der Waals surface area contributed by atoms with E-state index in [1.54, 1.807) is 35.2 Å². The molecule has 0 aliphatic carbocycles. The predicted molar refractivity (Wildman–Crippen MR) is 331 cm³/mol. The second kappa shape index (κ2) is 28.3. The number of aromatic nitrogens is 4. The molecule has 2 fully saturated rings. The van der Waals surface area contributed by atoms with Crippen molar-refractivity contribution in [2.24, 2.45) is 0 Å². The first-order valence-corrected chi connectivity index (χ1v) is 30.3. The van der Waals surface area contributed by atoms with E-state index in [0.717, 1.165) is 38.9 Å². The molecule has 0 spiro atoms. The fourth-order valence-corrected chi connectivity index (χ4v) is 12.9. The zero-order chi connectivity index (χ0) is 62.0. The molecule has 2 aromatic heterocycles. The number of benzene rings is 6. The molecule has 19 nitrogen and oxygen atoms in total. The Balaban J connectivity index is 1.07. The topological polar surface area (TPSA) is 226 Å². The van der Waals surface area contributed by atoms with Crippen LogP contribution in [-0.4, -0.2) is 84.2 Å². The van der Waals surface area contributed by atoms with E-state index in [0.29, 0.717) is 30.1 Å². The van der Waals surface area contributed by atoms with Crippen LogP contribution < -0.4 is 36.7 Å². The van der Waals surface area contributed by atoms with Crippen LogP contribution in [0.1, 0.15) is 102 Å². The van der Waals surface area contributed by atoms with Gasteiger partial charge in [0.25, 0.3) is 11.1 Å². The number of hydrogen-bond acceptors (Lipinski definition) is 15. The van der Waals surface area contributed by atoms with Crippen LogP contribution in [0.5, 0.6) is 17.2 Å². The highest BCUT2D eigenvalue weighted by Crippen LogP contribution is 2.52. The molecule has 0 amide bonds. The fraction of sp³-hybridized carbons (Fsp3) is 0.338. The van der Waals surface area contributed by atoms with Gasteiger partial charge in [-0.15, -0.1) is 0 Å². The van der Waals surface area contributed by atoms with E-state index in [1.165, 1.54) is 21.5 Å². The molecule has 20 heteroatoms. The summed E-state index contributed by atoms with van der Waals surface area (Å²) in [5, 5.41) is 10.2. The second-order valence-corrected chi connectivity index (χ2v) is 22.9. The molecule has 9 atom stereocenters. The van der Waals surface area contributed by atoms with Crippen LogP contribution in [0.15, 0.2) is 189 Å². The SMILES string of the molecule is CCCC(CC#N)OP(OC1CC(n2cc(C)c(=O)[nH]c2=O)OC1COC(c1ccccc1)(c1ccc(C)cc1)c1ccc(OC)cc1)OC1CC(n2cc(C)c(=O)[nH]c2=O)OC1COC(c1ccccc1)(c1ccc(OC)cc1)c1ccc(OC)cc1. The number of rotatable bonds is 26. The van der Waals surface area contributed by atoms with E-state index in [4.69, 9.17) is 46.7 Å². The predicted octanol–water partition coefficient (Wildman–Crippen LogP) is 10.7. The summed E-state index contributed by atoms with van der Waals surface area (Å²) in [7, 11) is 2.28. The van der Waals surface area contributed by atoms with Crippen LogP contribution in [0.2, 0.25) is 0 Å². The average molecular weight is 1210 g/mol. The highest BCUT2D eigenvalue weighted by Gasteiger charge is 2.48. The molecule has 2 aliphatic rings. The monoisotopic (exact) mass is 1210 g/mol. The largest absolute Gasteiger partial charge is 0.497 e. The second-order valence-electron chi connectivity index (χ2n) is 21.8. The molecule has 2 N–H and O–H groups in total. The molecular weight excluding hydrogens is 1140 g/mol. The van der Waals surface area contributed by atoms with Crippen molar-refractivity contribution in [1.29, 1.82) is 5.26 Å². The average Bonchev–Trinajstić information content (AvgIpc) is 1.02. The maximum Gasteiger partial charge on any atom is 0.333 e. The molecule has 2 saturated heterocycles. The van der Waals surface area contributed by atoms with Crippen molar-refractivity contribution in [1.82, 2.24) is 19.1 Å². The molecule has 8 aromatic rings. The standard InChI is InChI=1S/C68H72N5O14P/c1-8-15-56(36-37-69)85-88(86-57-38-61(72-40-45(3)63(74)70-65(72)76)83-59(57)42-81-67(47-16-11-9-12-17-47,49-22-20-44(2)21-23-49)50-24-30-53(78-5)31-25-50)87-58-39-62(73-41-46(4)64(75)71-66(73)77)84-60(58)43-82-68(48-18-13-10-14-19-48,51-26-32-54(79-6)33-27-51)52-28-34-55(80-7)35-29-52/h9-14,16-35,40-41,56-62H,8,15,36,38-39,42-43H2,1-7H3,(H,70,74,76)(H,71,75,77). The minimum atomic E-state index is -2.53. The maximum atomic E-state index is 13.8. The van der Waals surface area contributed by atoms with Crippen LogP contribution in [0, 0.1) is 32.1 Å². The Kier molecular flexibility index (Phi) is 20.2. The van der Waals surface area contributed by atoms with E-state index in [1.807, 2.05) is 172 Å². The molecule has 10 rings (SSSR count). The van der Waals surface area contributed by atoms with E-state index in [2.05, 4.69) is 16.0 Å². The summed E-state index contributed by atoms with van der Waals surface area (Å²) in [6.07, 6.45) is -2.41. The number of methoxy groups -OCH3 is 3. The highest BCUT2D eigenvalue weighted by molar-refractivity contribution is 7.41. The zero-order valence-electron chi connectivity index (χ0n) is 50.2. The van der Waals surface area contributed by atoms with E-state index >= 15 is 0 Å². The number of hydrogen-bond donors (Lipinski definition) is 2. The van der Waals surface area contributed by atoms with Gasteiger partial charge in [-0.2, -0.15) is 5.26 Å². The zero-order valence-corrected chi connectivity index (χ0v) is 51.1. The van der Waals surface area contributed by atoms with Gasteiger partial charge in [0, 0.05) is 36.4 Å². The quantitative estimate of drug-likeness (QED) is 0.0380. The number of nitrogens with zero attached hydrogens (tertiary/aromatic N) is 3. The van der Waals surface area contributed by atoms with Gasteiger partial charge in [-0.3, -0.25) is 28.7 Å². The summed E-state index contributed by atoms with van der Waals surface area (Å²) in [6, 6.07) is 52.9. The van der Waals surface area contributed by atoms with Crippen molar-refractivity contribution in [3.05, 3.63) is 262 Å². The molecule has 88 heavy (non-hydrogen) atoms. The lowest BCUT2D eigenvalue weighted by atomic mass is 9.79. The molecule has 0 radical (unpaired) electrons. The number of nitriles is 1. The minimum absolute atomic E-state index is 0.00845. The van der Waals surface area contributed by atoms with Crippen LogP contribution in [0.3, 0.4) is 0 Å². The molecule has 2 aliphatic heterocycles. The van der Waals surface area contributed by atoms with Crippen molar-refractivity contribution in [3.63, 3.8) is 0 Å². The Hall–Kier alpha value is -8.28. The summed E-state index contributed by atoms with van der Waals surface area (Å²) < 4.78 is 69.5. The summed E-state index contributed by atoms with van der Waals surface area (Å²) in [5.41, 5.74) is 1.28. The van der Waals surface area contributed by atoms with Gasteiger partial charge in [0.15, 0.2) is 0 Å². The Morgan fingerprint density at radius 1 is 0.557 bits per heavy atom. The summed E-state index contributed by atoms with van der Waals surface area (Å²) in [5.74, 6) is 1.92. The number of ether oxygens (including phenoxy) is 7. The lowest BCUT2D eigenvalue weighted by Crippen LogP contribution is -2.39. The van der Waals surface area contributed by atoms with Gasteiger partial charge in [0.1, 0.15) is 53.1 Å². The van der Waals surface area contributed by atoms with Gasteiger partial charge < -0.3 is 46.7 Å². The van der Waals surface area contributed by atoms with Crippen LogP contribution in [0.4, 0.5) is 0 Å². The Morgan fingerprint density at radius 2 is 0.920 bits per heavy atom.